The van der Waals surface area contributed by atoms with Crippen LogP contribution in [0.5, 0.6) is 0 Å². The molecule has 0 aliphatic heterocycles. The normalized spacial score (nSPS) is 11.8. The molecule has 0 amide bonds. The van der Waals surface area contributed by atoms with Gasteiger partial charge in [0.05, 0.1) is 0 Å². The van der Waals surface area contributed by atoms with Crippen molar-refractivity contribution in [2.24, 2.45) is 0 Å². The number of halogens is 5. The van der Waals surface area contributed by atoms with E-state index in [1.165, 1.54) is 31.2 Å². The molecule has 0 saturated carbocycles. The Bertz CT molecular complexity index is 1080. The summed E-state index contributed by atoms with van der Waals surface area (Å²) in [7, 11) is -5.22. The van der Waals surface area contributed by atoms with Crippen LogP contribution in [0.3, 0.4) is 0 Å². The Kier molecular flexibility index (Phi) is 4.31. The van der Waals surface area contributed by atoms with Gasteiger partial charge in [0.1, 0.15) is 0 Å². The highest BCUT2D eigenvalue weighted by Crippen LogP contribution is 2.35. The van der Waals surface area contributed by atoms with Crippen molar-refractivity contribution in [3.05, 3.63) is 65.3 Å². The number of aromatic nitrogens is 1. The second kappa shape index (κ2) is 6.20. The van der Waals surface area contributed by atoms with E-state index in [-0.39, 0.29) is 17.2 Å². The summed E-state index contributed by atoms with van der Waals surface area (Å²) < 4.78 is 98.4. The van der Waals surface area contributed by atoms with Gasteiger partial charge >= 0.3 is 0 Å². The van der Waals surface area contributed by atoms with E-state index >= 15 is 0 Å². The average Bonchev–Trinajstić information content (AvgIpc) is 3.02. The molecule has 26 heavy (non-hydrogen) atoms. The molecular weight excluding hydrogens is 381 g/mol. The van der Waals surface area contributed by atoms with Crippen molar-refractivity contribution in [2.45, 2.75) is 16.8 Å². The third-order valence-corrected chi connectivity index (χ3v) is 5.11. The van der Waals surface area contributed by atoms with Gasteiger partial charge in [-0.2, -0.15) is 0 Å². The molecule has 0 N–H and O–H groups in total. The van der Waals surface area contributed by atoms with Crippen molar-refractivity contribution < 1.29 is 34.8 Å². The van der Waals surface area contributed by atoms with Crippen LogP contribution in [-0.2, 0) is 9.84 Å². The van der Waals surface area contributed by atoms with E-state index in [1.54, 1.807) is 6.07 Å². The van der Waals surface area contributed by atoms with Gasteiger partial charge in [-0.05, 0) is 0 Å². The molecule has 136 valence electrons. The van der Waals surface area contributed by atoms with Gasteiger partial charge < -0.3 is 4.42 Å². The summed E-state index contributed by atoms with van der Waals surface area (Å²) in [5.41, 5.74) is 0.190. The Morgan fingerprint density at radius 3 is 1.88 bits per heavy atom. The van der Waals surface area contributed by atoms with Gasteiger partial charge in [0.2, 0.25) is 20.7 Å². The van der Waals surface area contributed by atoms with Gasteiger partial charge in [-0.15, -0.1) is 0 Å². The zero-order valence-electron chi connectivity index (χ0n) is 12.9. The maximum Gasteiger partial charge on any atom is 0.233 e. The minimum Gasteiger partial charge on any atom is -0.440 e. The third-order valence-electron chi connectivity index (χ3n) is 3.43. The number of oxazole rings is 1. The van der Waals surface area contributed by atoms with Gasteiger partial charge in [0.15, 0.2) is 39.8 Å². The standard InChI is InChI=1S/C16H8F5NO3S/c1-7-22-16(14(25-7)8-5-3-2-4-6-8)26(23,24)15-12(20)10(18)9(17)11(19)13(15)21/h2-6H,1H3. The number of nitrogens with zero attached hydrogens (tertiary/aromatic N) is 1. The molecule has 0 fully saturated rings. The first-order valence-electron chi connectivity index (χ1n) is 6.95. The number of aryl methyl sites for hydroxylation is 1. The van der Waals surface area contributed by atoms with Crippen molar-refractivity contribution in [1.82, 2.24) is 4.98 Å². The lowest BCUT2D eigenvalue weighted by Crippen LogP contribution is -2.14. The molecule has 4 nitrogen and oxygen atoms in total. The van der Waals surface area contributed by atoms with Gasteiger partial charge in [-0.25, -0.2) is 35.4 Å². The van der Waals surface area contributed by atoms with E-state index in [2.05, 4.69) is 4.98 Å². The lowest BCUT2D eigenvalue weighted by atomic mass is 10.2. The van der Waals surface area contributed by atoms with Crippen LogP contribution < -0.4 is 0 Å². The van der Waals surface area contributed by atoms with Gasteiger partial charge in [0, 0.05) is 12.5 Å². The monoisotopic (exact) mass is 389 g/mol. The summed E-state index contributed by atoms with van der Waals surface area (Å²) in [6, 6.07) is 7.53. The van der Waals surface area contributed by atoms with E-state index in [9.17, 15) is 30.4 Å². The first kappa shape index (κ1) is 18.1. The maximum atomic E-state index is 14.0. The smallest absolute Gasteiger partial charge is 0.233 e. The summed E-state index contributed by atoms with van der Waals surface area (Å²) >= 11 is 0. The fraction of sp³-hybridized carbons (Fsp3) is 0.0625. The molecule has 0 unspecified atom stereocenters. The van der Waals surface area contributed by atoms with Gasteiger partial charge in [0.25, 0.3) is 0 Å². The first-order chi connectivity index (χ1) is 12.2. The molecule has 2 aromatic carbocycles. The molecule has 0 atom stereocenters. The topological polar surface area (TPSA) is 60.2 Å². The predicted octanol–water partition coefficient (Wildman–Crippen LogP) is 4.18. The fourth-order valence-corrected chi connectivity index (χ4v) is 3.78. The van der Waals surface area contributed by atoms with Crippen LogP contribution in [-0.4, -0.2) is 13.4 Å². The molecule has 0 spiro atoms. The quantitative estimate of drug-likeness (QED) is 0.292. The van der Waals surface area contributed by atoms with E-state index in [0.717, 1.165) is 0 Å². The highest BCUT2D eigenvalue weighted by Gasteiger charge is 2.38. The average molecular weight is 389 g/mol. The number of sulfone groups is 1. The fourth-order valence-electron chi connectivity index (χ4n) is 2.28. The Labute approximate surface area is 143 Å². The molecular formula is C16H8F5NO3S. The molecule has 0 bridgehead atoms. The first-order valence-corrected chi connectivity index (χ1v) is 8.44. The molecule has 10 heteroatoms. The zero-order chi connectivity index (χ0) is 19.2. The Hall–Kier alpha value is -2.75. The van der Waals surface area contributed by atoms with Crippen molar-refractivity contribution in [3.63, 3.8) is 0 Å². The van der Waals surface area contributed by atoms with E-state index in [0.29, 0.717) is 0 Å². The predicted molar refractivity (Wildman–Crippen MR) is 78.4 cm³/mol. The minimum atomic E-state index is -5.22. The van der Waals surface area contributed by atoms with Crippen LogP contribution in [0.2, 0.25) is 0 Å². The lowest BCUT2D eigenvalue weighted by molar-refractivity contribution is 0.357. The van der Waals surface area contributed by atoms with E-state index < -0.39 is 48.8 Å². The SMILES string of the molecule is Cc1nc(S(=O)(=O)c2c(F)c(F)c(F)c(F)c2F)c(-c2ccccc2)o1. The molecule has 0 saturated heterocycles. The van der Waals surface area contributed by atoms with Crippen LogP contribution in [0.15, 0.2) is 44.7 Å². The summed E-state index contributed by atoms with van der Waals surface area (Å²) in [5.74, 6) is -12.7. The highest BCUT2D eigenvalue weighted by molar-refractivity contribution is 7.91. The van der Waals surface area contributed by atoms with Crippen molar-refractivity contribution in [2.75, 3.05) is 0 Å². The largest absolute Gasteiger partial charge is 0.440 e. The lowest BCUT2D eigenvalue weighted by Gasteiger charge is -2.08. The summed E-state index contributed by atoms with van der Waals surface area (Å²) in [5, 5.41) is -0.954. The summed E-state index contributed by atoms with van der Waals surface area (Å²) in [4.78, 5) is 1.59. The van der Waals surface area contributed by atoms with Gasteiger partial charge in [-0.1, -0.05) is 30.3 Å². The van der Waals surface area contributed by atoms with Crippen LogP contribution in [0, 0.1) is 36.0 Å². The molecule has 0 radical (unpaired) electrons. The molecule has 3 aromatic rings. The van der Waals surface area contributed by atoms with Crippen LogP contribution in [0.25, 0.3) is 11.3 Å². The highest BCUT2D eigenvalue weighted by atomic mass is 32.2. The summed E-state index contributed by atoms with van der Waals surface area (Å²) in [6.45, 7) is 1.27. The number of rotatable bonds is 3. The molecule has 3 rings (SSSR count). The third kappa shape index (κ3) is 2.66. The Balaban J connectivity index is 2.34. The van der Waals surface area contributed by atoms with Crippen molar-refractivity contribution in [3.8, 4) is 11.3 Å². The maximum absolute atomic E-state index is 14.0. The van der Waals surface area contributed by atoms with Crippen molar-refractivity contribution >= 4 is 9.84 Å². The Morgan fingerprint density at radius 2 is 1.35 bits per heavy atom. The van der Waals surface area contributed by atoms with E-state index in [4.69, 9.17) is 4.42 Å². The number of benzene rings is 2. The van der Waals surface area contributed by atoms with Crippen LogP contribution in [0.4, 0.5) is 22.0 Å². The zero-order valence-corrected chi connectivity index (χ0v) is 13.7. The molecule has 1 heterocycles. The van der Waals surface area contributed by atoms with E-state index in [1.807, 2.05) is 0 Å². The second-order valence-corrected chi connectivity index (χ2v) is 6.94. The van der Waals surface area contributed by atoms with Crippen LogP contribution in [0.1, 0.15) is 5.89 Å². The second-order valence-electron chi connectivity index (χ2n) is 5.14. The molecule has 0 aliphatic rings. The van der Waals surface area contributed by atoms with Crippen LogP contribution >= 0.6 is 0 Å². The van der Waals surface area contributed by atoms with Crippen molar-refractivity contribution in [1.29, 1.82) is 0 Å². The number of hydrogen-bond acceptors (Lipinski definition) is 4. The Morgan fingerprint density at radius 1 is 0.846 bits per heavy atom. The number of hydrogen-bond donors (Lipinski definition) is 0. The molecule has 1 aromatic heterocycles. The minimum absolute atomic E-state index is 0.175. The summed E-state index contributed by atoms with van der Waals surface area (Å²) in [6.07, 6.45) is 0. The molecule has 0 aliphatic carbocycles. The van der Waals surface area contributed by atoms with Gasteiger partial charge in [-0.3, -0.25) is 0 Å².